The van der Waals surface area contributed by atoms with Gasteiger partial charge in [0.15, 0.2) is 30.5 Å². The molecule has 1 N–H and O–H groups in total. The predicted molar refractivity (Wildman–Crippen MR) is 110 cm³/mol. The van der Waals surface area contributed by atoms with Crippen molar-refractivity contribution in [2.75, 3.05) is 39.9 Å². The Kier molecular flexibility index (Phi) is 6.96. The normalized spacial score (nSPS) is 12.2. The number of Topliss-reactive ketones (excluding diaryl/α,β-unsaturated/α-hetero) is 1. The molecule has 2 aromatic rings. The Labute approximate surface area is 179 Å². The van der Waals surface area contributed by atoms with Gasteiger partial charge in [-0.2, -0.15) is 0 Å². The van der Waals surface area contributed by atoms with Gasteiger partial charge in [-0.1, -0.05) is 0 Å². The predicted octanol–water partition coefficient (Wildman–Crippen LogP) is 2.40. The lowest BCUT2D eigenvalue weighted by atomic mass is 10.1. The first-order chi connectivity index (χ1) is 14.9. The van der Waals surface area contributed by atoms with Crippen LogP contribution in [0, 0.1) is 0 Å². The fraction of sp³-hybridized carbons (Fsp3) is 0.318. The van der Waals surface area contributed by atoms with E-state index in [2.05, 4.69) is 5.32 Å². The molecule has 1 amide bonds. The second-order valence-corrected chi connectivity index (χ2v) is 6.67. The SMILES string of the molecule is COc1cc(CCC(=O)OCC(=O)c2ccc3c(c2)NC(=O)CO3)cc(OC)c1OC. The summed E-state index contributed by atoms with van der Waals surface area (Å²) in [6.45, 7) is -0.467. The monoisotopic (exact) mass is 429 g/mol. The van der Waals surface area contributed by atoms with E-state index in [-0.39, 0.29) is 24.7 Å². The van der Waals surface area contributed by atoms with Crippen molar-refractivity contribution in [2.45, 2.75) is 12.8 Å². The maximum atomic E-state index is 12.4. The van der Waals surface area contributed by atoms with Gasteiger partial charge >= 0.3 is 5.97 Å². The number of nitrogens with one attached hydrogen (secondary N) is 1. The summed E-state index contributed by atoms with van der Waals surface area (Å²) in [5.74, 6) is 0.732. The van der Waals surface area contributed by atoms with E-state index in [9.17, 15) is 14.4 Å². The number of carbonyl (C=O) groups is 3. The van der Waals surface area contributed by atoms with E-state index in [1.54, 1.807) is 24.3 Å². The van der Waals surface area contributed by atoms with Gasteiger partial charge < -0.3 is 29.0 Å². The van der Waals surface area contributed by atoms with Crippen LogP contribution in [0.1, 0.15) is 22.3 Å². The lowest BCUT2D eigenvalue weighted by Crippen LogP contribution is -2.25. The summed E-state index contributed by atoms with van der Waals surface area (Å²) >= 11 is 0. The van der Waals surface area contributed by atoms with Crippen molar-refractivity contribution in [3.63, 3.8) is 0 Å². The lowest BCUT2D eigenvalue weighted by molar-refractivity contribution is -0.142. The van der Waals surface area contributed by atoms with Crippen molar-refractivity contribution >= 4 is 23.3 Å². The van der Waals surface area contributed by atoms with Gasteiger partial charge in [0.05, 0.1) is 27.0 Å². The number of hydrogen-bond acceptors (Lipinski definition) is 8. The van der Waals surface area contributed by atoms with Crippen LogP contribution in [0.15, 0.2) is 30.3 Å². The van der Waals surface area contributed by atoms with Gasteiger partial charge in [-0.3, -0.25) is 14.4 Å². The fourth-order valence-electron chi connectivity index (χ4n) is 3.08. The molecule has 9 heteroatoms. The van der Waals surface area contributed by atoms with E-state index in [1.807, 2.05) is 0 Å². The zero-order chi connectivity index (χ0) is 22.4. The number of aryl methyl sites for hydroxylation is 1. The Balaban J connectivity index is 1.55. The van der Waals surface area contributed by atoms with Crippen LogP contribution in [0.3, 0.4) is 0 Å². The summed E-state index contributed by atoms with van der Waals surface area (Å²) in [6.07, 6.45) is 0.436. The van der Waals surface area contributed by atoms with Crippen molar-refractivity contribution in [3.8, 4) is 23.0 Å². The van der Waals surface area contributed by atoms with Gasteiger partial charge in [-0.05, 0) is 42.3 Å². The molecule has 31 heavy (non-hydrogen) atoms. The second-order valence-electron chi connectivity index (χ2n) is 6.67. The van der Waals surface area contributed by atoms with Crippen LogP contribution in [-0.4, -0.2) is 52.2 Å². The van der Waals surface area contributed by atoms with Gasteiger partial charge in [0, 0.05) is 12.0 Å². The van der Waals surface area contributed by atoms with E-state index in [0.29, 0.717) is 40.7 Å². The second kappa shape index (κ2) is 9.84. The fourth-order valence-corrected chi connectivity index (χ4v) is 3.08. The Morgan fingerprint density at radius 1 is 1.03 bits per heavy atom. The molecule has 0 bridgehead atoms. The standard InChI is InChI=1S/C22H23NO8/c1-27-18-8-13(9-19(28-2)22(18)29-3)4-7-21(26)31-11-16(24)14-5-6-17-15(10-14)23-20(25)12-30-17/h5-6,8-10H,4,7,11-12H2,1-3H3,(H,23,25). The number of ketones is 1. The highest BCUT2D eigenvalue weighted by atomic mass is 16.5. The van der Waals surface area contributed by atoms with Crippen LogP contribution in [0.5, 0.6) is 23.0 Å². The van der Waals surface area contributed by atoms with Crippen molar-refractivity contribution in [3.05, 3.63) is 41.5 Å². The molecule has 0 aliphatic carbocycles. The number of rotatable bonds is 9. The molecular weight excluding hydrogens is 406 g/mol. The van der Waals surface area contributed by atoms with Gasteiger partial charge in [0.1, 0.15) is 5.75 Å². The number of amides is 1. The first kappa shape index (κ1) is 21.9. The summed E-state index contributed by atoms with van der Waals surface area (Å²) in [7, 11) is 4.54. The van der Waals surface area contributed by atoms with Gasteiger partial charge in [-0.25, -0.2) is 0 Å². The number of carbonyl (C=O) groups excluding carboxylic acids is 3. The third-order valence-electron chi connectivity index (χ3n) is 4.64. The van der Waals surface area contributed by atoms with Crippen molar-refractivity contribution in [1.29, 1.82) is 0 Å². The van der Waals surface area contributed by atoms with Crippen LogP contribution in [0.4, 0.5) is 5.69 Å². The average Bonchev–Trinajstić information content (AvgIpc) is 2.79. The lowest BCUT2D eigenvalue weighted by Gasteiger charge is -2.18. The van der Waals surface area contributed by atoms with Crippen LogP contribution in [0.2, 0.25) is 0 Å². The highest BCUT2D eigenvalue weighted by Gasteiger charge is 2.19. The summed E-state index contributed by atoms with van der Waals surface area (Å²) in [5, 5.41) is 2.63. The number of methoxy groups -OCH3 is 3. The van der Waals surface area contributed by atoms with E-state index in [1.165, 1.54) is 27.4 Å². The third kappa shape index (κ3) is 5.25. The zero-order valence-corrected chi connectivity index (χ0v) is 17.5. The summed E-state index contributed by atoms with van der Waals surface area (Å²) < 4.78 is 26.2. The van der Waals surface area contributed by atoms with E-state index in [4.69, 9.17) is 23.7 Å². The number of ether oxygens (including phenoxy) is 5. The smallest absolute Gasteiger partial charge is 0.306 e. The van der Waals surface area contributed by atoms with Crippen LogP contribution >= 0.6 is 0 Å². The average molecular weight is 429 g/mol. The molecule has 1 aliphatic heterocycles. The minimum atomic E-state index is -0.517. The molecule has 0 saturated carbocycles. The van der Waals surface area contributed by atoms with Crippen LogP contribution in [-0.2, 0) is 20.7 Å². The zero-order valence-electron chi connectivity index (χ0n) is 17.5. The molecule has 1 aliphatic rings. The quantitative estimate of drug-likeness (QED) is 0.478. The van der Waals surface area contributed by atoms with Gasteiger partial charge in [-0.15, -0.1) is 0 Å². The third-order valence-corrected chi connectivity index (χ3v) is 4.64. The van der Waals surface area contributed by atoms with Crippen molar-refractivity contribution in [1.82, 2.24) is 0 Å². The summed E-state index contributed by atoms with van der Waals surface area (Å²) in [5.41, 5.74) is 1.51. The number of benzene rings is 2. The molecule has 1 heterocycles. The first-order valence-electron chi connectivity index (χ1n) is 9.49. The first-order valence-corrected chi connectivity index (χ1v) is 9.49. The Morgan fingerprint density at radius 3 is 2.39 bits per heavy atom. The molecule has 0 radical (unpaired) electrons. The summed E-state index contributed by atoms with van der Waals surface area (Å²) in [4.78, 5) is 35.9. The molecule has 0 saturated heterocycles. The summed E-state index contributed by atoms with van der Waals surface area (Å²) in [6, 6.07) is 8.15. The van der Waals surface area contributed by atoms with Crippen molar-refractivity contribution < 1.29 is 38.1 Å². The molecule has 2 aromatic carbocycles. The number of esters is 1. The molecule has 9 nitrogen and oxygen atoms in total. The maximum Gasteiger partial charge on any atom is 0.306 e. The van der Waals surface area contributed by atoms with E-state index < -0.39 is 12.6 Å². The van der Waals surface area contributed by atoms with E-state index in [0.717, 1.165) is 5.56 Å². The molecular formula is C22H23NO8. The van der Waals surface area contributed by atoms with E-state index >= 15 is 0 Å². The molecule has 3 rings (SSSR count). The number of hydrogen-bond donors (Lipinski definition) is 1. The minimum absolute atomic E-state index is 0.0656. The minimum Gasteiger partial charge on any atom is -0.493 e. The molecule has 0 aromatic heterocycles. The highest BCUT2D eigenvalue weighted by molar-refractivity contribution is 6.01. The molecule has 0 spiro atoms. The van der Waals surface area contributed by atoms with Crippen LogP contribution in [0.25, 0.3) is 0 Å². The Hall–Kier alpha value is -3.75. The van der Waals surface area contributed by atoms with Crippen LogP contribution < -0.4 is 24.3 Å². The van der Waals surface area contributed by atoms with Gasteiger partial charge in [0.25, 0.3) is 5.91 Å². The molecule has 0 fully saturated rings. The maximum absolute atomic E-state index is 12.4. The Bertz CT molecular complexity index is 976. The molecule has 0 unspecified atom stereocenters. The Morgan fingerprint density at radius 2 is 1.74 bits per heavy atom. The largest absolute Gasteiger partial charge is 0.493 e. The number of anilines is 1. The molecule has 0 atom stereocenters. The topological polar surface area (TPSA) is 109 Å². The molecule has 164 valence electrons. The van der Waals surface area contributed by atoms with Crippen molar-refractivity contribution in [2.24, 2.45) is 0 Å². The van der Waals surface area contributed by atoms with Gasteiger partial charge in [0.2, 0.25) is 5.75 Å². The number of fused-ring (bicyclic) bond motifs is 1. The highest BCUT2D eigenvalue weighted by Crippen LogP contribution is 2.38.